The summed E-state index contributed by atoms with van der Waals surface area (Å²) < 4.78 is 56.9. The lowest BCUT2D eigenvalue weighted by Crippen LogP contribution is -2.43. The molecule has 0 spiro atoms. The number of hydrogen-bond donors (Lipinski definition) is 1. The van der Waals surface area contributed by atoms with Gasteiger partial charge in [0.1, 0.15) is 31.1 Å². The predicted octanol–water partition coefficient (Wildman–Crippen LogP) is 2.65. The van der Waals surface area contributed by atoms with Gasteiger partial charge in [0.15, 0.2) is 0 Å². The highest BCUT2D eigenvalue weighted by Gasteiger charge is 2.41. The average Bonchev–Trinajstić information content (AvgIpc) is 3.19. The molecule has 0 bridgehead atoms. The van der Waals surface area contributed by atoms with E-state index in [1.165, 1.54) is 0 Å². The normalized spacial score (nSPS) is 23.4. The summed E-state index contributed by atoms with van der Waals surface area (Å²) in [4.78, 5) is 39.8. The molecule has 2 heterocycles. The Bertz CT molecular complexity index is 1010. The number of carbonyl (C=O) groups is 1. The van der Waals surface area contributed by atoms with Gasteiger partial charge in [-0.3, -0.25) is 14.3 Å². The molecule has 1 N–H and O–H groups in total. The van der Waals surface area contributed by atoms with Crippen molar-refractivity contribution in [3.63, 3.8) is 0 Å². The topological polar surface area (TPSA) is 103 Å². The maximum atomic E-state index is 13.2. The minimum absolute atomic E-state index is 0.0345. The Morgan fingerprint density at radius 2 is 2.03 bits per heavy atom. The Labute approximate surface area is 194 Å². The van der Waals surface area contributed by atoms with Crippen LogP contribution in [0.4, 0.5) is 18.0 Å². The molecule has 188 valence electrons. The van der Waals surface area contributed by atoms with Crippen molar-refractivity contribution in [1.82, 2.24) is 14.5 Å². The summed E-state index contributed by atoms with van der Waals surface area (Å²) in [6.45, 7) is 1.99. The SMILES string of the molecule is C#CCO[C@H]1C[C@H](n2cc(C(F)(F)F)c(=O)[nH]c2=O)O[C@@H]1COC(=O)N(CC)C1CCCCC1. The molecule has 1 aromatic rings. The van der Waals surface area contributed by atoms with Gasteiger partial charge in [0.25, 0.3) is 5.56 Å². The average molecular weight is 487 g/mol. The van der Waals surface area contributed by atoms with Crippen LogP contribution < -0.4 is 11.2 Å². The summed E-state index contributed by atoms with van der Waals surface area (Å²) in [6, 6.07) is 0.0949. The van der Waals surface area contributed by atoms with Crippen molar-refractivity contribution < 1.29 is 32.2 Å². The van der Waals surface area contributed by atoms with Gasteiger partial charge >= 0.3 is 18.0 Å². The zero-order valence-corrected chi connectivity index (χ0v) is 18.8. The van der Waals surface area contributed by atoms with Crippen LogP contribution >= 0.6 is 0 Å². The van der Waals surface area contributed by atoms with Crippen LogP contribution in [0.2, 0.25) is 0 Å². The maximum absolute atomic E-state index is 13.2. The molecule has 3 atom stereocenters. The molecule has 1 aliphatic carbocycles. The standard InChI is InChI=1S/C22H28F3N3O6/c1-3-10-32-16-11-18(28-12-15(22(23,24)25)19(29)26-20(28)30)34-17(16)13-33-21(31)27(4-2)14-8-6-5-7-9-14/h1,12,14,16-18H,4-11,13H2,2H3,(H,26,29,30)/t16-,17+,18+/m0/s1. The van der Waals surface area contributed by atoms with Crippen molar-refractivity contribution >= 4 is 6.09 Å². The monoisotopic (exact) mass is 487 g/mol. The van der Waals surface area contributed by atoms with Gasteiger partial charge in [-0.05, 0) is 19.8 Å². The molecule has 1 saturated heterocycles. The molecule has 3 rings (SSSR count). The van der Waals surface area contributed by atoms with Crippen molar-refractivity contribution in [1.29, 1.82) is 0 Å². The van der Waals surface area contributed by atoms with Crippen molar-refractivity contribution in [2.45, 2.75) is 76.1 Å². The Balaban J connectivity index is 1.74. The van der Waals surface area contributed by atoms with E-state index in [0.29, 0.717) is 17.3 Å². The number of aromatic nitrogens is 2. The maximum Gasteiger partial charge on any atom is 0.423 e. The van der Waals surface area contributed by atoms with E-state index < -0.39 is 47.5 Å². The molecular weight excluding hydrogens is 459 g/mol. The number of aromatic amines is 1. The number of amides is 1. The third-order valence-electron chi connectivity index (χ3n) is 6.11. The lowest BCUT2D eigenvalue weighted by Gasteiger charge is -2.33. The van der Waals surface area contributed by atoms with E-state index in [-0.39, 0.29) is 25.7 Å². The molecule has 12 heteroatoms. The minimum Gasteiger partial charge on any atom is -0.447 e. The molecule has 1 aliphatic heterocycles. The molecule has 0 radical (unpaired) electrons. The first-order valence-corrected chi connectivity index (χ1v) is 11.2. The molecule has 9 nitrogen and oxygen atoms in total. The number of hydrogen-bond acceptors (Lipinski definition) is 6. The van der Waals surface area contributed by atoms with Gasteiger partial charge in [-0.1, -0.05) is 25.2 Å². The van der Waals surface area contributed by atoms with E-state index >= 15 is 0 Å². The number of nitrogens with zero attached hydrogens (tertiary/aromatic N) is 2. The summed E-state index contributed by atoms with van der Waals surface area (Å²) >= 11 is 0. The minimum atomic E-state index is -4.96. The molecule has 34 heavy (non-hydrogen) atoms. The Kier molecular flexibility index (Phi) is 8.43. The van der Waals surface area contributed by atoms with E-state index in [1.807, 2.05) is 6.92 Å². The van der Waals surface area contributed by atoms with Crippen molar-refractivity contribution in [2.75, 3.05) is 19.8 Å². The highest BCUT2D eigenvalue weighted by atomic mass is 19.4. The first-order valence-electron chi connectivity index (χ1n) is 11.2. The summed E-state index contributed by atoms with van der Waals surface area (Å²) in [5, 5.41) is 0. The van der Waals surface area contributed by atoms with Crippen LogP contribution in [0.5, 0.6) is 0 Å². The highest BCUT2D eigenvalue weighted by Crippen LogP contribution is 2.32. The summed E-state index contributed by atoms with van der Waals surface area (Å²) in [5.74, 6) is 2.29. The van der Waals surface area contributed by atoms with Crippen LogP contribution in [0.3, 0.4) is 0 Å². The van der Waals surface area contributed by atoms with Crippen molar-refractivity contribution in [3.05, 3.63) is 32.6 Å². The second-order valence-electron chi connectivity index (χ2n) is 8.28. The number of carbonyl (C=O) groups excluding carboxylic acids is 1. The lowest BCUT2D eigenvalue weighted by molar-refractivity contribution is -0.139. The largest absolute Gasteiger partial charge is 0.447 e. The molecule has 1 amide bonds. The number of nitrogens with one attached hydrogen (secondary N) is 1. The van der Waals surface area contributed by atoms with Gasteiger partial charge in [0.05, 0.1) is 6.10 Å². The zero-order valence-electron chi connectivity index (χ0n) is 18.8. The molecule has 0 unspecified atom stereocenters. The Hall–Kier alpha value is -2.78. The number of H-pyrrole nitrogens is 1. The Morgan fingerprint density at radius 3 is 2.65 bits per heavy atom. The van der Waals surface area contributed by atoms with E-state index in [9.17, 15) is 27.6 Å². The van der Waals surface area contributed by atoms with Gasteiger partial charge < -0.3 is 19.1 Å². The number of terminal acetylenes is 1. The van der Waals surface area contributed by atoms with Gasteiger partial charge in [0.2, 0.25) is 0 Å². The number of halogens is 3. The van der Waals surface area contributed by atoms with Crippen LogP contribution in [0.25, 0.3) is 0 Å². The Morgan fingerprint density at radius 1 is 1.32 bits per heavy atom. The highest BCUT2D eigenvalue weighted by molar-refractivity contribution is 5.68. The smallest absolute Gasteiger partial charge is 0.423 e. The van der Waals surface area contributed by atoms with Crippen LogP contribution in [0.15, 0.2) is 15.8 Å². The molecule has 1 aromatic heterocycles. The van der Waals surface area contributed by atoms with Gasteiger partial charge in [0, 0.05) is 25.2 Å². The summed E-state index contributed by atoms with van der Waals surface area (Å²) in [7, 11) is 0. The van der Waals surface area contributed by atoms with Crippen molar-refractivity contribution in [2.24, 2.45) is 0 Å². The molecule has 2 fully saturated rings. The first kappa shape index (κ1) is 25.8. The van der Waals surface area contributed by atoms with Gasteiger partial charge in [-0.25, -0.2) is 9.59 Å². The van der Waals surface area contributed by atoms with Crippen LogP contribution in [-0.4, -0.2) is 58.6 Å². The van der Waals surface area contributed by atoms with Gasteiger partial charge in [-0.15, -0.1) is 6.42 Å². The third kappa shape index (κ3) is 6.01. The van der Waals surface area contributed by atoms with Crippen LogP contribution in [0.1, 0.15) is 57.2 Å². The molecule has 0 aromatic carbocycles. The summed E-state index contributed by atoms with van der Waals surface area (Å²) in [6.07, 6.45) is 2.36. The fraction of sp³-hybridized carbons (Fsp3) is 0.682. The lowest BCUT2D eigenvalue weighted by atomic mass is 9.94. The zero-order chi connectivity index (χ0) is 24.9. The number of alkyl halides is 3. The molecule has 2 aliphatic rings. The number of ether oxygens (including phenoxy) is 3. The quantitative estimate of drug-likeness (QED) is 0.594. The fourth-order valence-electron chi connectivity index (χ4n) is 4.42. The van der Waals surface area contributed by atoms with E-state index in [1.54, 1.807) is 9.88 Å². The van der Waals surface area contributed by atoms with E-state index in [2.05, 4.69) is 5.92 Å². The molecular formula is C22H28F3N3O6. The predicted molar refractivity (Wildman–Crippen MR) is 114 cm³/mol. The summed E-state index contributed by atoms with van der Waals surface area (Å²) in [5.41, 5.74) is -4.14. The van der Waals surface area contributed by atoms with Crippen LogP contribution in [0, 0.1) is 12.3 Å². The van der Waals surface area contributed by atoms with Crippen molar-refractivity contribution in [3.8, 4) is 12.3 Å². The third-order valence-corrected chi connectivity index (χ3v) is 6.11. The first-order chi connectivity index (χ1) is 16.2. The number of rotatable bonds is 7. The fourth-order valence-corrected chi connectivity index (χ4v) is 4.42. The van der Waals surface area contributed by atoms with E-state index in [0.717, 1.165) is 32.1 Å². The molecule has 1 saturated carbocycles. The van der Waals surface area contributed by atoms with Gasteiger partial charge in [-0.2, -0.15) is 13.2 Å². The second kappa shape index (κ2) is 11.1. The second-order valence-corrected chi connectivity index (χ2v) is 8.28. The van der Waals surface area contributed by atoms with E-state index in [4.69, 9.17) is 20.6 Å². The van der Waals surface area contributed by atoms with Crippen LogP contribution in [-0.2, 0) is 20.4 Å².